The van der Waals surface area contributed by atoms with E-state index < -0.39 is 65.5 Å². The Balaban J connectivity index is 1.40. The molecule has 1 unspecified atom stereocenters. The van der Waals surface area contributed by atoms with Crippen molar-refractivity contribution >= 4 is 35.7 Å². The number of nitrogens with one attached hydrogen (secondary N) is 1. The molecule has 44 heavy (non-hydrogen) atoms. The van der Waals surface area contributed by atoms with E-state index in [0.29, 0.717) is 0 Å². The van der Waals surface area contributed by atoms with Gasteiger partial charge in [0.2, 0.25) is 5.78 Å². The maximum Gasteiger partial charge on any atom is 0.408 e. The summed E-state index contributed by atoms with van der Waals surface area (Å²) in [6.45, 7) is 8.64. The quantitative estimate of drug-likeness (QED) is 0.173. The zero-order valence-electron chi connectivity index (χ0n) is 25.1. The Morgan fingerprint density at radius 3 is 1.80 bits per heavy atom. The van der Waals surface area contributed by atoms with Crippen molar-refractivity contribution in [1.29, 1.82) is 0 Å². The Labute approximate surface area is 254 Å². The fourth-order valence-corrected chi connectivity index (χ4v) is 4.32. The summed E-state index contributed by atoms with van der Waals surface area (Å²) in [4.78, 5) is 83.5. The van der Waals surface area contributed by atoms with Crippen LogP contribution in [0.5, 0.6) is 11.5 Å². The lowest BCUT2D eigenvalue weighted by Crippen LogP contribution is -2.45. The first kappa shape index (κ1) is 32.1. The van der Waals surface area contributed by atoms with Crippen molar-refractivity contribution in [2.24, 2.45) is 5.92 Å². The Hall–Kier alpha value is -4.78. The number of Topliss-reactive ketones (excluding diaryl/α,β-unsaturated/α-hetero) is 1. The van der Waals surface area contributed by atoms with Crippen molar-refractivity contribution in [2.75, 3.05) is 6.54 Å². The molecule has 1 N–H and O–H groups in total. The van der Waals surface area contributed by atoms with Gasteiger partial charge in [0.25, 0.3) is 5.91 Å². The van der Waals surface area contributed by atoms with E-state index in [1.807, 2.05) is 13.8 Å². The lowest BCUT2D eigenvalue weighted by molar-refractivity contribution is -0.172. The van der Waals surface area contributed by atoms with Crippen LogP contribution in [0, 0.1) is 5.92 Å². The molecule has 2 fully saturated rings. The summed E-state index contributed by atoms with van der Waals surface area (Å²) in [6, 6.07) is 11.1. The number of hydrogen-bond acceptors (Lipinski definition) is 11. The first-order valence-electron chi connectivity index (χ1n) is 14.1. The SMILES string of the molecule is CC(C)C[C@H](NC(=O)OC(C)(C)C)C(=O)ON1C[C@H]1C(=O)C(=O)N1[C@H](C(=O)Oc2ccccc2)[C@H]1C(=O)Oc1ccccc1. The van der Waals surface area contributed by atoms with Crippen molar-refractivity contribution in [3.63, 3.8) is 0 Å². The number of para-hydroxylation sites is 2. The van der Waals surface area contributed by atoms with E-state index in [1.165, 1.54) is 24.3 Å². The van der Waals surface area contributed by atoms with E-state index in [1.54, 1.807) is 57.2 Å². The number of hydroxylamine groups is 2. The number of nitrogens with zero attached hydrogens (tertiary/aromatic N) is 2. The zero-order valence-corrected chi connectivity index (χ0v) is 25.1. The highest BCUT2D eigenvalue weighted by Gasteiger charge is 2.65. The van der Waals surface area contributed by atoms with Crippen molar-refractivity contribution in [2.45, 2.75) is 70.8 Å². The van der Waals surface area contributed by atoms with E-state index in [-0.39, 0.29) is 30.4 Å². The first-order valence-corrected chi connectivity index (χ1v) is 14.1. The molecule has 0 aromatic heterocycles. The van der Waals surface area contributed by atoms with Gasteiger partial charge < -0.3 is 29.3 Å². The molecule has 0 bridgehead atoms. The van der Waals surface area contributed by atoms with Crippen LogP contribution in [0.3, 0.4) is 0 Å². The second-order valence-corrected chi connectivity index (χ2v) is 11.8. The summed E-state index contributed by atoms with van der Waals surface area (Å²) in [6.07, 6.45) is -0.578. The molecule has 234 valence electrons. The smallest absolute Gasteiger partial charge is 0.408 e. The Morgan fingerprint density at radius 2 is 1.34 bits per heavy atom. The molecule has 4 rings (SSSR count). The van der Waals surface area contributed by atoms with Gasteiger partial charge in [-0.2, -0.15) is 0 Å². The molecule has 2 amide bonds. The van der Waals surface area contributed by atoms with Crippen LogP contribution >= 0.6 is 0 Å². The monoisotopic (exact) mass is 609 g/mol. The Kier molecular flexibility index (Phi) is 9.68. The molecule has 2 aromatic carbocycles. The van der Waals surface area contributed by atoms with Gasteiger partial charge in [-0.1, -0.05) is 50.2 Å². The van der Waals surface area contributed by atoms with Crippen LogP contribution in [-0.2, 0) is 33.5 Å². The molecule has 2 aromatic rings. The fourth-order valence-electron chi connectivity index (χ4n) is 4.32. The molecule has 2 heterocycles. The van der Waals surface area contributed by atoms with Gasteiger partial charge in [0, 0.05) is 0 Å². The highest BCUT2D eigenvalue weighted by Crippen LogP contribution is 2.34. The van der Waals surface area contributed by atoms with E-state index in [9.17, 15) is 28.8 Å². The van der Waals surface area contributed by atoms with Gasteiger partial charge in [-0.25, -0.2) is 19.2 Å². The van der Waals surface area contributed by atoms with Gasteiger partial charge in [-0.15, -0.1) is 5.06 Å². The predicted molar refractivity (Wildman–Crippen MR) is 153 cm³/mol. The van der Waals surface area contributed by atoms with Gasteiger partial charge in [-0.3, -0.25) is 9.59 Å². The third kappa shape index (κ3) is 8.40. The Bertz CT molecular complexity index is 1350. The molecular formula is C31H35N3O10. The summed E-state index contributed by atoms with van der Waals surface area (Å²) >= 11 is 0. The van der Waals surface area contributed by atoms with Gasteiger partial charge in [-0.05, 0) is 57.4 Å². The standard InChI is InChI=1S/C31H35N3O10/c1-18(2)16-21(32-30(40)43-31(3,4)5)27(37)44-33-17-22(33)25(35)26(36)34-23(28(38)41-19-12-8-6-9-13-19)24(34)29(39)42-20-14-10-7-11-15-20/h6-15,18,21-24H,16-17H2,1-5H3,(H,32,40)/t21-,22-,23-,24-,33?/m0/s1. The zero-order chi connectivity index (χ0) is 32.2. The maximum atomic E-state index is 13.2. The summed E-state index contributed by atoms with van der Waals surface area (Å²) in [5.74, 6) is -4.43. The second kappa shape index (κ2) is 13.2. The van der Waals surface area contributed by atoms with E-state index in [2.05, 4.69) is 5.32 Å². The normalized spacial score (nSPS) is 21.0. The highest BCUT2D eigenvalue weighted by atomic mass is 16.7. The number of carbonyl (C=O) groups is 6. The number of esters is 2. The van der Waals surface area contributed by atoms with Crippen LogP contribution in [0.25, 0.3) is 0 Å². The minimum atomic E-state index is -1.40. The number of ether oxygens (including phenoxy) is 3. The number of alkyl carbamates (subject to hydrolysis) is 1. The second-order valence-electron chi connectivity index (χ2n) is 11.8. The van der Waals surface area contributed by atoms with Crippen LogP contribution in [0.15, 0.2) is 60.7 Å². The third-order valence-corrected chi connectivity index (χ3v) is 6.42. The molecule has 2 aliphatic rings. The van der Waals surface area contributed by atoms with Crippen molar-refractivity contribution in [3.05, 3.63) is 60.7 Å². The number of amides is 2. The largest absolute Gasteiger partial charge is 0.444 e. The molecule has 0 aliphatic carbocycles. The topological polar surface area (TPSA) is 157 Å². The van der Waals surface area contributed by atoms with Gasteiger partial charge in [0.05, 0.1) is 6.54 Å². The third-order valence-electron chi connectivity index (χ3n) is 6.42. The molecule has 0 spiro atoms. The highest BCUT2D eigenvalue weighted by molar-refractivity contribution is 6.40. The van der Waals surface area contributed by atoms with E-state index >= 15 is 0 Å². The van der Waals surface area contributed by atoms with E-state index in [4.69, 9.17) is 19.0 Å². The molecule has 2 saturated heterocycles. The van der Waals surface area contributed by atoms with Crippen LogP contribution in [0.2, 0.25) is 0 Å². The molecule has 0 saturated carbocycles. The van der Waals surface area contributed by atoms with Crippen molar-refractivity contribution < 1.29 is 47.8 Å². The van der Waals surface area contributed by atoms with Crippen LogP contribution < -0.4 is 14.8 Å². The van der Waals surface area contributed by atoms with Crippen molar-refractivity contribution in [1.82, 2.24) is 15.3 Å². The summed E-state index contributed by atoms with van der Waals surface area (Å²) in [5.41, 5.74) is -0.789. The van der Waals surface area contributed by atoms with Crippen LogP contribution in [0.4, 0.5) is 4.79 Å². The summed E-state index contributed by atoms with van der Waals surface area (Å²) in [5, 5.41) is 3.47. The van der Waals surface area contributed by atoms with Gasteiger partial charge in [0.1, 0.15) is 29.2 Å². The van der Waals surface area contributed by atoms with Gasteiger partial charge >= 0.3 is 24.0 Å². The maximum absolute atomic E-state index is 13.2. The molecule has 5 atom stereocenters. The summed E-state index contributed by atoms with van der Waals surface area (Å²) < 4.78 is 15.9. The average Bonchev–Trinajstić information content (AvgIpc) is 3.86. The fraction of sp³-hybridized carbons (Fsp3) is 0.419. The lowest BCUT2D eigenvalue weighted by Gasteiger charge is -2.23. The minimum Gasteiger partial charge on any atom is -0.444 e. The number of rotatable bonds is 11. The number of carbonyl (C=O) groups excluding carboxylic acids is 6. The van der Waals surface area contributed by atoms with Crippen LogP contribution in [-0.4, -0.2) is 82.0 Å². The predicted octanol–water partition coefficient (Wildman–Crippen LogP) is 2.43. The number of benzene rings is 2. The van der Waals surface area contributed by atoms with Crippen LogP contribution in [0.1, 0.15) is 41.0 Å². The molecule has 13 heteroatoms. The van der Waals surface area contributed by atoms with E-state index in [0.717, 1.165) is 9.96 Å². The molecule has 2 aliphatic heterocycles. The number of hydrogen-bond donors (Lipinski definition) is 1. The lowest BCUT2D eigenvalue weighted by atomic mass is 10.0. The van der Waals surface area contributed by atoms with Crippen molar-refractivity contribution in [3.8, 4) is 11.5 Å². The molecular weight excluding hydrogens is 574 g/mol. The molecule has 13 nitrogen and oxygen atoms in total. The average molecular weight is 610 g/mol. The first-order chi connectivity index (χ1) is 20.7. The summed E-state index contributed by atoms with van der Waals surface area (Å²) in [7, 11) is 0. The Morgan fingerprint density at radius 1 is 0.841 bits per heavy atom. The van der Waals surface area contributed by atoms with Gasteiger partial charge in [0.15, 0.2) is 12.1 Å². The molecule has 0 radical (unpaired) electrons. The minimum absolute atomic E-state index is 0.00138. The number of ketones is 1.